The Labute approximate surface area is 208 Å². The molecule has 0 unspecified atom stereocenters. The van der Waals surface area contributed by atoms with Gasteiger partial charge in [0.05, 0.1) is 13.4 Å². The molecule has 0 spiro atoms. The predicted molar refractivity (Wildman–Crippen MR) is 136 cm³/mol. The molecule has 36 heavy (non-hydrogen) atoms. The third kappa shape index (κ3) is 5.10. The van der Waals surface area contributed by atoms with Crippen LogP contribution in [-0.2, 0) is 4.79 Å². The van der Waals surface area contributed by atoms with Crippen LogP contribution < -0.4 is 19.7 Å². The van der Waals surface area contributed by atoms with Gasteiger partial charge in [0.15, 0.2) is 12.4 Å². The number of aromatic nitrogens is 1. The van der Waals surface area contributed by atoms with E-state index in [4.69, 9.17) is 18.9 Å². The summed E-state index contributed by atoms with van der Waals surface area (Å²) in [5.41, 5.74) is 1.31. The summed E-state index contributed by atoms with van der Waals surface area (Å²) in [6, 6.07) is 20.1. The van der Waals surface area contributed by atoms with E-state index in [9.17, 15) is 9.59 Å². The van der Waals surface area contributed by atoms with Crippen molar-refractivity contribution in [1.82, 2.24) is 9.88 Å². The van der Waals surface area contributed by atoms with E-state index in [0.29, 0.717) is 54.6 Å². The van der Waals surface area contributed by atoms with Gasteiger partial charge in [-0.3, -0.25) is 9.59 Å². The fourth-order valence-electron chi connectivity index (χ4n) is 4.14. The molecule has 0 bridgehead atoms. The first-order valence-corrected chi connectivity index (χ1v) is 11.6. The largest absolute Gasteiger partial charge is 0.497 e. The van der Waals surface area contributed by atoms with E-state index < -0.39 is 0 Å². The molecule has 2 aromatic heterocycles. The van der Waals surface area contributed by atoms with E-state index in [1.165, 1.54) is 6.26 Å². The lowest BCUT2D eigenvalue weighted by atomic mass is 10.2. The van der Waals surface area contributed by atoms with Crippen molar-refractivity contribution in [3.8, 4) is 11.5 Å². The van der Waals surface area contributed by atoms with Crippen LogP contribution in [-0.4, -0.2) is 61.6 Å². The van der Waals surface area contributed by atoms with E-state index in [1.807, 2.05) is 30.3 Å². The summed E-state index contributed by atoms with van der Waals surface area (Å²) in [4.78, 5) is 33.8. The minimum Gasteiger partial charge on any atom is -0.497 e. The van der Waals surface area contributed by atoms with Gasteiger partial charge in [0.1, 0.15) is 22.8 Å². The number of ether oxygens (including phenoxy) is 2. The predicted octanol–water partition coefficient (Wildman–Crippen LogP) is 3.82. The summed E-state index contributed by atoms with van der Waals surface area (Å²) in [6.45, 7) is 2.29. The molecule has 1 aliphatic heterocycles. The summed E-state index contributed by atoms with van der Waals surface area (Å²) in [5.74, 6) is 1.95. The maximum absolute atomic E-state index is 12.5. The Hall–Kier alpha value is -4.53. The van der Waals surface area contributed by atoms with Gasteiger partial charge in [-0.2, -0.15) is 0 Å². The van der Waals surface area contributed by atoms with E-state index in [1.54, 1.807) is 48.4 Å². The van der Waals surface area contributed by atoms with Crippen LogP contribution in [0.15, 0.2) is 77.4 Å². The average molecular weight is 487 g/mol. The molecule has 184 valence electrons. The van der Waals surface area contributed by atoms with Gasteiger partial charge in [-0.15, -0.1) is 0 Å². The molecule has 1 N–H and O–H groups in total. The molecular weight excluding hydrogens is 460 g/mol. The van der Waals surface area contributed by atoms with Crippen LogP contribution >= 0.6 is 0 Å². The Balaban J connectivity index is 1.24. The maximum Gasteiger partial charge on any atom is 0.289 e. The van der Waals surface area contributed by atoms with Gasteiger partial charge in [-0.1, -0.05) is 18.2 Å². The van der Waals surface area contributed by atoms with Gasteiger partial charge in [-0.25, -0.2) is 4.98 Å². The number of hydrogen-bond donors (Lipinski definition) is 1. The molecule has 2 amide bonds. The molecule has 3 heterocycles. The SMILES string of the molecule is COc1cccc(NC(=O)COc2cccc3ccc(N4CCN(C(=O)c5ccco5)CC4)nc23)c1. The van der Waals surface area contributed by atoms with Crippen LogP contribution in [0, 0.1) is 0 Å². The van der Waals surface area contributed by atoms with Crippen molar-refractivity contribution in [3.05, 3.63) is 78.8 Å². The van der Waals surface area contributed by atoms with Crippen LogP contribution in [0.4, 0.5) is 11.5 Å². The number of furan rings is 1. The Kier molecular flexibility index (Phi) is 6.70. The molecule has 1 saturated heterocycles. The number of fused-ring (bicyclic) bond motifs is 1. The van der Waals surface area contributed by atoms with Gasteiger partial charge >= 0.3 is 0 Å². The van der Waals surface area contributed by atoms with Gasteiger partial charge in [0.2, 0.25) is 0 Å². The maximum atomic E-state index is 12.5. The highest BCUT2D eigenvalue weighted by Crippen LogP contribution is 2.27. The van der Waals surface area contributed by atoms with Crippen molar-refractivity contribution in [1.29, 1.82) is 0 Å². The second kappa shape index (κ2) is 10.4. The van der Waals surface area contributed by atoms with Crippen LogP contribution in [0.3, 0.4) is 0 Å². The number of piperazine rings is 1. The van der Waals surface area contributed by atoms with Crippen molar-refractivity contribution in [2.75, 3.05) is 50.1 Å². The van der Waals surface area contributed by atoms with Crippen LogP contribution in [0.1, 0.15) is 10.6 Å². The number of benzene rings is 2. The molecule has 0 atom stereocenters. The molecule has 1 fully saturated rings. The van der Waals surface area contributed by atoms with Crippen molar-refractivity contribution < 1.29 is 23.5 Å². The van der Waals surface area contributed by atoms with Gasteiger partial charge in [-0.05, 0) is 42.5 Å². The molecule has 4 aromatic rings. The number of methoxy groups -OCH3 is 1. The smallest absolute Gasteiger partial charge is 0.289 e. The Morgan fingerprint density at radius 1 is 1.00 bits per heavy atom. The number of pyridine rings is 1. The fraction of sp³-hybridized carbons (Fsp3) is 0.222. The first kappa shape index (κ1) is 23.2. The number of nitrogens with zero attached hydrogens (tertiary/aromatic N) is 3. The molecule has 0 radical (unpaired) electrons. The second-order valence-electron chi connectivity index (χ2n) is 8.32. The standard InChI is InChI=1S/C27H26N4O5/c1-34-21-7-3-6-20(17-21)28-25(32)18-36-22-8-2-5-19-10-11-24(29-26(19)22)30-12-14-31(15-13-30)27(33)23-9-4-16-35-23/h2-11,16-17H,12-15,18H2,1H3,(H,28,32). The van der Waals surface area contributed by atoms with Crippen molar-refractivity contribution in [3.63, 3.8) is 0 Å². The summed E-state index contributed by atoms with van der Waals surface area (Å²) < 4.78 is 16.3. The normalized spacial score (nSPS) is 13.5. The molecule has 0 saturated carbocycles. The summed E-state index contributed by atoms with van der Waals surface area (Å²) in [6.07, 6.45) is 1.50. The quantitative estimate of drug-likeness (QED) is 0.424. The van der Waals surface area contributed by atoms with Gasteiger partial charge in [0, 0.05) is 43.3 Å². The zero-order valence-corrected chi connectivity index (χ0v) is 19.8. The fourth-order valence-corrected chi connectivity index (χ4v) is 4.14. The number of amides is 2. The third-order valence-electron chi connectivity index (χ3n) is 6.00. The lowest BCUT2D eigenvalue weighted by molar-refractivity contribution is -0.118. The van der Waals surface area contributed by atoms with Crippen LogP contribution in [0.2, 0.25) is 0 Å². The number of carbonyl (C=O) groups excluding carboxylic acids is 2. The molecule has 1 aliphatic rings. The highest BCUT2D eigenvalue weighted by molar-refractivity contribution is 5.93. The average Bonchev–Trinajstić information content (AvgIpc) is 3.46. The molecule has 0 aliphatic carbocycles. The monoisotopic (exact) mass is 486 g/mol. The topological polar surface area (TPSA) is 97.1 Å². The van der Waals surface area contributed by atoms with E-state index in [-0.39, 0.29) is 18.4 Å². The Bertz CT molecular complexity index is 1360. The first-order valence-electron chi connectivity index (χ1n) is 11.6. The number of anilines is 2. The number of rotatable bonds is 7. The first-order chi connectivity index (χ1) is 17.6. The molecule has 9 nitrogen and oxygen atoms in total. The minimum absolute atomic E-state index is 0.103. The zero-order valence-electron chi connectivity index (χ0n) is 19.8. The molecule has 5 rings (SSSR count). The van der Waals surface area contributed by atoms with Gasteiger partial charge < -0.3 is 29.0 Å². The highest BCUT2D eigenvalue weighted by Gasteiger charge is 2.24. The van der Waals surface area contributed by atoms with Crippen molar-refractivity contribution in [2.24, 2.45) is 0 Å². The van der Waals surface area contributed by atoms with Gasteiger partial charge in [0.25, 0.3) is 11.8 Å². The van der Waals surface area contributed by atoms with Crippen molar-refractivity contribution in [2.45, 2.75) is 0 Å². The number of para-hydroxylation sites is 1. The zero-order chi connectivity index (χ0) is 24.9. The Morgan fingerprint density at radius 3 is 2.61 bits per heavy atom. The lowest BCUT2D eigenvalue weighted by Gasteiger charge is -2.35. The van der Waals surface area contributed by atoms with Crippen LogP contribution in [0.5, 0.6) is 11.5 Å². The third-order valence-corrected chi connectivity index (χ3v) is 6.00. The van der Waals surface area contributed by atoms with Crippen LogP contribution in [0.25, 0.3) is 10.9 Å². The summed E-state index contributed by atoms with van der Waals surface area (Å²) in [7, 11) is 1.58. The number of nitrogens with one attached hydrogen (secondary N) is 1. The number of carbonyl (C=O) groups is 2. The minimum atomic E-state index is -0.284. The molecule has 2 aromatic carbocycles. The highest BCUT2D eigenvalue weighted by atomic mass is 16.5. The van der Waals surface area contributed by atoms with Crippen molar-refractivity contribution >= 4 is 34.2 Å². The second-order valence-corrected chi connectivity index (χ2v) is 8.32. The molecular formula is C27H26N4O5. The number of hydrogen-bond acceptors (Lipinski definition) is 7. The summed E-state index contributed by atoms with van der Waals surface area (Å²) >= 11 is 0. The Morgan fingerprint density at radius 2 is 1.83 bits per heavy atom. The van der Waals surface area contributed by atoms with E-state index >= 15 is 0 Å². The molecule has 9 heteroatoms. The van der Waals surface area contributed by atoms with E-state index in [2.05, 4.69) is 10.2 Å². The summed E-state index contributed by atoms with van der Waals surface area (Å²) in [5, 5.41) is 3.72. The van der Waals surface area contributed by atoms with E-state index in [0.717, 1.165) is 11.2 Å². The lowest BCUT2D eigenvalue weighted by Crippen LogP contribution is -2.49.